The minimum atomic E-state index is -3.28. The van der Waals surface area contributed by atoms with Crippen LogP contribution in [-0.2, 0) is 19.6 Å². The minimum Gasteiger partial charge on any atom is -0.465 e. The summed E-state index contributed by atoms with van der Waals surface area (Å²) in [6.07, 6.45) is 2.62. The fraction of sp³-hybridized carbons (Fsp3) is 0.917. The molecule has 0 saturated heterocycles. The molecule has 0 spiro atoms. The summed E-state index contributed by atoms with van der Waals surface area (Å²) in [5.41, 5.74) is -0.661. The third-order valence-electron chi connectivity index (χ3n) is 2.40. The fourth-order valence-electron chi connectivity index (χ4n) is 1.75. The van der Waals surface area contributed by atoms with E-state index in [4.69, 9.17) is 4.74 Å². The number of esters is 1. The average molecular weight is 294 g/mol. The van der Waals surface area contributed by atoms with Gasteiger partial charge >= 0.3 is 5.97 Å². The van der Waals surface area contributed by atoms with Crippen LogP contribution in [0.3, 0.4) is 0 Å². The molecule has 19 heavy (non-hydrogen) atoms. The molecule has 0 radical (unpaired) electrons. The maximum absolute atomic E-state index is 11.7. The molecule has 0 aliphatic rings. The molecule has 0 fully saturated rings. The summed E-state index contributed by atoms with van der Waals surface area (Å²) in [5, 5.41) is 3.07. The SMILES string of the molecule is CCCC(NCC(C)(C)NS(C)(=O)=O)C(=O)OCC. The Hall–Kier alpha value is -0.660. The van der Waals surface area contributed by atoms with Crippen molar-refractivity contribution in [2.75, 3.05) is 19.4 Å². The van der Waals surface area contributed by atoms with E-state index < -0.39 is 21.6 Å². The second-order valence-corrected chi connectivity index (χ2v) is 6.98. The zero-order valence-electron chi connectivity index (χ0n) is 12.4. The summed E-state index contributed by atoms with van der Waals surface area (Å²) in [7, 11) is -3.28. The van der Waals surface area contributed by atoms with Gasteiger partial charge in [-0.15, -0.1) is 0 Å². The summed E-state index contributed by atoms with van der Waals surface area (Å²) < 4.78 is 30.0. The van der Waals surface area contributed by atoms with E-state index in [-0.39, 0.29) is 5.97 Å². The quantitative estimate of drug-likeness (QED) is 0.610. The molecule has 1 atom stereocenters. The van der Waals surface area contributed by atoms with Crippen LogP contribution in [0.25, 0.3) is 0 Å². The highest BCUT2D eigenvalue weighted by Crippen LogP contribution is 2.05. The van der Waals surface area contributed by atoms with E-state index in [9.17, 15) is 13.2 Å². The number of rotatable bonds is 9. The lowest BCUT2D eigenvalue weighted by molar-refractivity contribution is -0.145. The summed E-state index contributed by atoms with van der Waals surface area (Å²) in [4.78, 5) is 11.7. The highest BCUT2D eigenvalue weighted by molar-refractivity contribution is 7.88. The van der Waals surface area contributed by atoms with Crippen molar-refractivity contribution < 1.29 is 17.9 Å². The number of hydrogen-bond acceptors (Lipinski definition) is 5. The van der Waals surface area contributed by atoms with Crippen LogP contribution in [0.2, 0.25) is 0 Å². The zero-order valence-corrected chi connectivity index (χ0v) is 13.3. The van der Waals surface area contributed by atoms with Gasteiger partial charge in [-0.3, -0.25) is 4.79 Å². The lowest BCUT2D eigenvalue weighted by atomic mass is 10.1. The Bertz CT molecular complexity index is 379. The van der Waals surface area contributed by atoms with Gasteiger partial charge in [0.1, 0.15) is 6.04 Å². The molecular formula is C12H26N2O4S. The highest BCUT2D eigenvalue weighted by atomic mass is 32.2. The van der Waals surface area contributed by atoms with Gasteiger partial charge in [-0.2, -0.15) is 0 Å². The molecule has 0 rings (SSSR count). The van der Waals surface area contributed by atoms with E-state index in [0.717, 1.165) is 12.7 Å². The third-order valence-corrected chi connectivity index (χ3v) is 3.32. The molecule has 0 aliphatic heterocycles. The van der Waals surface area contributed by atoms with Crippen molar-refractivity contribution in [3.05, 3.63) is 0 Å². The van der Waals surface area contributed by atoms with Crippen LogP contribution in [0, 0.1) is 0 Å². The summed E-state index contributed by atoms with van der Waals surface area (Å²) in [6.45, 7) is 7.95. The van der Waals surface area contributed by atoms with Gasteiger partial charge in [0.05, 0.1) is 12.9 Å². The number of ether oxygens (including phenoxy) is 1. The van der Waals surface area contributed by atoms with E-state index in [0.29, 0.717) is 19.6 Å². The van der Waals surface area contributed by atoms with Crippen molar-refractivity contribution in [1.82, 2.24) is 10.0 Å². The molecule has 0 aromatic carbocycles. The Balaban J connectivity index is 4.49. The molecule has 0 amide bonds. The Morgan fingerprint density at radius 2 is 1.89 bits per heavy atom. The molecule has 0 heterocycles. The van der Waals surface area contributed by atoms with Crippen molar-refractivity contribution in [2.45, 2.75) is 52.1 Å². The maximum atomic E-state index is 11.7. The predicted octanol–water partition coefficient (Wildman–Crippen LogP) is 0.636. The van der Waals surface area contributed by atoms with Gasteiger partial charge in [-0.25, -0.2) is 13.1 Å². The number of hydrogen-bond donors (Lipinski definition) is 2. The summed E-state index contributed by atoms with van der Waals surface area (Å²) in [6, 6.07) is -0.398. The van der Waals surface area contributed by atoms with Gasteiger partial charge in [0.25, 0.3) is 0 Å². The second-order valence-electron chi connectivity index (χ2n) is 5.23. The molecule has 0 aliphatic carbocycles. The fourth-order valence-corrected chi connectivity index (χ4v) is 2.83. The van der Waals surface area contributed by atoms with Crippen LogP contribution >= 0.6 is 0 Å². The van der Waals surface area contributed by atoms with E-state index in [1.54, 1.807) is 20.8 Å². The molecular weight excluding hydrogens is 268 g/mol. The standard InChI is InChI=1S/C12H26N2O4S/c1-6-8-10(11(15)18-7-2)13-9-12(3,4)14-19(5,16)17/h10,13-14H,6-9H2,1-5H3. The van der Waals surface area contributed by atoms with Crippen LogP contribution in [-0.4, -0.2) is 45.4 Å². The van der Waals surface area contributed by atoms with E-state index >= 15 is 0 Å². The zero-order chi connectivity index (χ0) is 15.1. The highest BCUT2D eigenvalue weighted by Gasteiger charge is 2.25. The van der Waals surface area contributed by atoms with Crippen LogP contribution in [0.1, 0.15) is 40.5 Å². The molecule has 6 nitrogen and oxygen atoms in total. The van der Waals surface area contributed by atoms with Crippen LogP contribution in [0.4, 0.5) is 0 Å². The number of carbonyl (C=O) groups excluding carboxylic acids is 1. The number of nitrogens with one attached hydrogen (secondary N) is 2. The van der Waals surface area contributed by atoms with Crippen LogP contribution < -0.4 is 10.0 Å². The van der Waals surface area contributed by atoms with Gasteiger partial charge in [-0.05, 0) is 27.2 Å². The van der Waals surface area contributed by atoms with Crippen molar-refractivity contribution in [3.63, 3.8) is 0 Å². The largest absolute Gasteiger partial charge is 0.465 e. The first-order chi connectivity index (χ1) is 8.61. The van der Waals surface area contributed by atoms with Crippen molar-refractivity contribution in [1.29, 1.82) is 0 Å². The Morgan fingerprint density at radius 1 is 1.32 bits per heavy atom. The van der Waals surface area contributed by atoms with Gasteiger partial charge in [0.15, 0.2) is 0 Å². The summed E-state index contributed by atoms with van der Waals surface area (Å²) in [5.74, 6) is -0.292. The van der Waals surface area contributed by atoms with Gasteiger partial charge in [-0.1, -0.05) is 13.3 Å². The molecule has 114 valence electrons. The lowest BCUT2D eigenvalue weighted by Gasteiger charge is -2.27. The molecule has 0 bridgehead atoms. The monoisotopic (exact) mass is 294 g/mol. The van der Waals surface area contributed by atoms with Gasteiger partial charge < -0.3 is 10.1 Å². The van der Waals surface area contributed by atoms with E-state index in [1.807, 2.05) is 6.92 Å². The lowest BCUT2D eigenvalue weighted by Crippen LogP contribution is -2.53. The molecule has 1 unspecified atom stereocenters. The van der Waals surface area contributed by atoms with E-state index in [1.165, 1.54) is 0 Å². The Kier molecular flexibility index (Phi) is 7.54. The third kappa shape index (κ3) is 8.96. The average Bonchev–Trinajstić information content (AvgIpc) is 2.21. The second kappa shape index (κ2) is 7.81. The topological polar surface area (TPSA) is 84.5 Å². The normalized spacial score (nSPS) is 14.2. The molecule has 2 N–H and O–H groups in total. The summed E-state index contributed by atoms with van der Waals surface area (Å²) >= 11 is 0. The molecule has 0 aromatic heterocycles. The predicted molar refractivity (Wildman–Crippen MR) is 75.4 cm³/mol. The van der Waals surface area contributed by atoms with Crippen LogP contribution in [0.5, 0.6) is 0 Å². The number of sulfonamides is 1. The Labute approximate surface area is 116 Å². The maximum Gasteiger partial charge on any atom is 0.323 e. The first kappa shape index (κ1) is 18.3. The molecule has 0 aromatic rings. The minimum absolute atomic E-state index is 0.292. The smallest absolute Gasteiger partial charge is 0.323 e. The van der Waals surface area contributed by atoms with Crippen molar-refractivity contribution >= 4 is 16.0 Å². The first-order valence-electron chi connectivity index (χ1n) is 6.50. The molecule has 0 saturated carbocycles. The first-order valence-corrected chi connectivity index (χ1v) is 8.39. The van der Waals surface area contributed by atoms with Crippen LogP contribution in [0.15, 0.2) is 0 Å². The van der Waals surface area contributed by atoms with Crippen molar-refractivity contribution in [2.24, 2.45) is 0 Å². The Morgan fingerprint density at radius 3 is 2.32 bits per heavy atom. The van der Waals surface area contributed by atoms with Crippen molar-refractivity contribution in [3.8, 4) is 0 Å². The number of carbonyl (C=O) groups is 1. The van der Waals surface area contributed by atoms with Gasteiger partial charge in [0, 0.05) is 12.1 Å². The molecule has 7 heteroatoms. The van der Waals surface area contributed by atoms with Gasteiger partial charge in [0.2, 0.25) is 10.0 Å². The van der Waals surface area contributed by atoms with E-state index in [2.05, 4.69) is 10.0 Å².